The Kier molecular flexibility index (Phi) is 8.48. The van der Waals surface area contributed by atoms with E-state index in [1.165, 1.54) is 7.11 Å². The number of rotatable bonds is 9. The highest BCUT2D eigenvalue weighted by atomic mass is 16.5. The van der Waals surface area contributed by atoms with Crippen LogP contribution in [0.4, 0.5) is 4.79 Å². The molecule has 136 valence electrons. The van der Waals surface area contributed by atoms with E-state index in [0.717, 1.165) is 5.56 Å². The molecular weight excluding hydrogens is 332 g/mol. The third-order valence-corrected chi connectivity index (χ3v) is 3.10. The number of hydrogen-bond acceptors (Lipinski definition) is 6. The Labute approximate surface area is 144 Å². The molecule has 0 saturated carbocycles. The molecule has 0 unspecified atom stereocenters. The number of hydrogen-bond donors (Lipinski definition) is 3. The van der Waals surface area contributed by atoms with Crippen LogP contribution in [0.5, 0.6) is 0 Å². The molecule has 25 heavy (non-hydrogen) atoms. The Morgan fingerprint density at radius 2 is 1.84 bits per heavy atom. The number of benzene rings is 1. The highest BCUT2D eigenvalue weighted by Gasteiger charge is 2.21. The SMILES string of the molecule is COC(=O)CC[C@@H](NC(=O)CNC(=O)OCc1ccccc1)C(=O)O. The van der Waals surface area contributed by atoms with Gasteiger partial charge in [-0.25, -0.2) is 9.59 Å². The fraction of sp³-hybridized carbons (Fsp3) is 0.375. The maximum Gasteiger partial charge on any atom is 0.407 e. The fourth-order valence-corrected chi connectivity index (χ4v) is 1.79. The van der Waals surface area contributed by atoms with Gasteiger partial charge in [-0.2, -0.15) is 0 Å². The number of carbonyl (C=O) groups is 4. The van der Waals surface area contributed by atoms with Crippen molar-refractivity contribution in [3.05, 3.63) is 35.9 Å². The van der Waals surface area contributed by atoms with Crippen LogP contribution in [0.25, 0.3) is 0 Å². The summed E-state index contributed by atoms with van der Waals surface area (Å²) in [5, 5.41) is 13.4. The van der Waals surface area contributed by atoms with Gasteiger partial charge in [0.2, 0.25) is 5.91 Å². The van der Waals surface area contributed by atoms with Crippen LogP contribution in [0.2, 0.25) is 0 Å². The molecule has 0 saturated heterocycles. The molecule has 1 aromatic rings. The van der Waals surface area contributed by atoms with Gasteiger partial charge in [0.1, 0.15) is 19.2 Å². The van der Waals surface area contributed by atoms with Crippen LogP contribution in [0.15, 0.2) is 30.3 Å². The number of alkyl carbamates (subject to hydrolysis) is 1. The van der Waals surface area contributed by atoms with Gasteiger partial charge >= 0.3 is 18.0 Å². The molecule has 0 heterocycles. The van der Waals surface area contributed by atoms with Gasteiger partial charge in [0.25, 0.3) is 0 Å². The van der Waals surface area contributed by atoms with Crippen molar-refractivity contribution >= 4 is 23.9 Å². The number of esters is 1. The van der Waals surface area contributed by atoms with Crippen LogP contribution >= 0.6 is 0 Å². The van der Waals surface area contributed by atoms with Crippen LogP contribution in [-0.2, 0) is 30.5 Å². The van der Waals surface area contributed by atoms with Gasteiger partial charge in [0.05, 0.1) is 7.11 Å². The molecule has 9 nitrogen and oxygen atoms in total. The number of nitrogens with one attached hydrogen (secondary N) is 2. The average Bonchev–Trinajstić information content (AvgIpc) is 2.61. The first-order valence-electron chi connectivity index (χ1n) is 7.46. The number of carbonyl (C=O) groups excluding carboxylic acids is 3. The number of carboxylic acids is 1. The maximum atomic E-state index is 11.7. The highest BCUT2D eigenvalue weighted by molar-refractivity contribution is 5.86. The van der Waals surface area contributed by atoms with Gasteiger partial charge in [0.15, 0.2) is 0 Å². The summed E-state index contributed by atoms with van der Waals surface area (Å²) in [5.74, 6) is -2.58. The minimum absolute atomic E-state index is 0.0468. The standard InChI is InChI=1S/C16H20N2O7/c1-24-14(20)8-7-12(15(21)22)18-13(19)9-17-16(23)25-10-11-5-3-2-4-6-11/h2-6,12H,7-10H2,1H3,(H,17,23)(H,18,19)(H,21,22)/t12-/m1/s1. The molecule has 0 aliphatic heterocycles. The third-order valence-electron chi connectivity index (χ3n) is 3.10. The van der Waals surface area contributed by atoms with Crippen molar-refractivity contribution in [2.45, 2.75) is 25.5 Å². The number of methoxy groups -OCH3 is 1. The van der Waals surface area contributed by atoms with Gasteiger partial charge in [-0.3, -0.25) is 9.59 Å². The fourth-order valence-electron chi connectivity index (χ4n) is 1.79. The predicted octanol–water partition coefficient (Wildman–Crippen LogP) is 0.435. The van der Waals surface area contributed by atoms with Crippen LogP contribution < -0.4 is 10.6 Å². The zero-order valence-electron chi connectivity index (χ0n) is 13.7. The molecule has 0 aromatic heterocycles. The quantitative estimate of drug-likeness (QED) is 0.549. The van der Waals surface area contributed by atoms with E-state index in [9.17, 15) is 19.2 Å². The Hall–Kier alpha value is -3.10. The lowest BCUT2D eigenvalue weighted by atomic mass is 10.1. The van der Waals surface area contributed by atoms with E-state index < -0.39 is 36.5 Å². The van der Waals surface area contributed by atoms with Gasteiger partial charge in [-0.05, 0) is 12.0 Å². The van der Waals surface area contributed by atoms with E-state index >= 15 is 0 Å². The molecule has 0 aliphatic rings. The second-order valence-corrected chi connectivity index (χ2v) is 4.99. The van der Waals surface area contributed by atoms with Crippen molar-refractivity contribution in [2.75, 3.05) is 13.7 Å². The zero-order chi connectivity index (χ0) is 18.7. The summed E-state index contributed by atoms with van der Waals surface area (Å²) in [6, 6.07) is 7.72. The van der Waals surface area contributed by atoms with Crippen LogP contribution in [-0.4, -0.2) is 48.7 Å². The summed E-state index contributed by atoms with van der Waals surface area (Å²) < 4.78 is 9.33. The van der Waals surface area contributed by atoms with Crippen molar-refractivity contribution in [3.8, 4) is 0 Å². The van der Waals surface area contributed by atoms with E-state index in [2.05, 4.69) is 15.4 Å². The molecule has 3 N–H and O–H groups in total. The lowest BCUT2D eigenvalue weighted by molar-refractivity contribution is -0.144. The molecule has 0 radical (unpaired) electrons. The summed E-state index contributed by atoms with van der Waals surface area (Å²) in [6.07, 6.45) is -1.08. The van der Waals surface area contributed by atoms with Crippen molar-refractivity contribution in [1.29, 1.82) is 0 Å². The molecule has 1 atom stereocenters. The lowest BCUT2D eigenvalue weighted by Crippen LogP contribution is -2.45. The van der Waals surface area contributed by atoms with Gasteiger partial charge in [0, 0.05) is 6.42 Å². The van der Waals surface area contributed by atoms with E-state index in [1.807, 2.05) is 6.07 Å². The second kappa shape index (κ2) is 10.6. The second-order valence-electron chi connectivity index (χ2n) is 4.99. The first-order valence-corrected chi connectivity index (χ1v) is 7.46. The minimum atomic E-state index is -1.29. The molecule has 0 bridgehead atoms. The Morgan fingerprint density at radius 3 is 2.44 bits per heavy atom. The van der Waals surface area contributed by atoms with E-state index in [-0.39, 0.29) is 19.4 Å². The number of ether oxygens (including phenoxy) is 2. The Bertz CT molecular complexity index is 604. The topological polar surface area (TPSA) is 131 Å². The highest BCUT2D eigenvalue weighted by Crippen LogP contribution is 2.01. The third kappa shape index (κ3) is 8.35. The van der Waals surface area contributed by atoms with Crippen molar-refractivity contribution in [2.24, 2.45) is 0 Å². The zero-order valence-corrected chi connectivity index (χ0v) is 13.7. The largest absolute Gasteiger partial charge is 0.480 e. The molecule has 9 heteroatoms. The Morgan fingerprint density at radius 1 is 1.16 bits per heavy atom. The predicted molar refractivity (Wildman–Crippen MR) is 85.4 cm³/mol. The van der Waals surface area contributed by atoms with Crippen LogP contribution in [0, 0.1) is 0 Å². The average molecular weight is 352 g/mol. The van der Waals surface area contributed by atoms with Crippen molar-refractivity contribution < 1.29 is 33.8 Å². The molecule has 0 fully saturated rings. The van der Waals surface area contributed by atoms with Gasteiger partial charge < -0.3 is 25.2 Å². The molecular formula is C16H20N2O7. The van der Waals surface area contributed by atoms with Crippen LogP contribution in [0.3, 0.4) is 0 Å². The summed E-state index contributed by atoms with van der Waals surface area (Å²) in [7, 11) is 1.18. The molecule has 1 aromatic carbocycles. The number of amides is 2. The summed E-state index contributed by atoms with van der Waals surface area (Å²) in [4.78, 5) is 45.3. The molecule has 2 amide bonds. The number of aliphatic carboxylic acids is 1. The first-order chi connectivity index (χ1) is 11.9. The van der Waals surface area contributed by atoms with Crippen LogP contribution in [0.1, 0.15) is 18.4 Å². The lowest BCUT2D eigenvalue weighted by Gasteiger charge is -2.14. The first kappa shape index (κ1) is 19.9. The minimum Gasteiger partial charge on any atom is -0.480 e. The van der Waals surface area contributed by atoms with E-state index in [0.29, 0.717) is 0 Å². The van der Waals surface area contributed by atoms with Gasteiger partial charge in [-0.1, -0.05) is 30.3 Å². The maximum absolute atomic E-state index is 11.7. The van der Waals surface area contributed by atoms with E-state index in [4.69, 9.17) is 9.84 Å². The monoisotopic (exact) mass is 352 g/mol. The van der Waals surface area contributed by atoms with Crippen molar-refractivity contribution in [3.63, 3.8) is 0 Å². The Balaban J connectivity index is 2.32. The smallest absolute Gasteiger partial charge is 0.407 e. The number of carboxylic acid groups (broad SMARTS) is 1. The molecule has 0 aliphatic carbocycles. The molecule has 0 spiro atoms. The summed E-state index contributed by atoms with van der Waals surface area (Å²) in [5.41, 5.74) is 0.788. The normalized spacial score (nSPS) is 11.1. The summed E-state index contributed by atoms with van der Waals surface area (Å²) in [6.45, 7) is -0.402. The van der Waals surface area contributed by atoms with Crippen molar-refractivity contribution in [1.82, 2.24) is 10.6 Å². The van der Waals surface area contributed by atoms with Gasteiger partial charge in [-0.15, -0.1) is 0 Å². The van der Waals surface area contributed by atoms with E-state index in [1.54, 1.807) is 24.3 Å². The molecule has 1 rings (SSSR count). The summed E-state index contributed by atoms with van der Waals surface area (Å²) >= 11 is 0.